The van der Waals surface area contributed by atoms with Gasteiger partial charge in [0.05, 0.1) is 23.3 Å². The maximum atomic E-state index is 11.9. The number of carbonyl (C=O) groups is 1. The lowest BCUT2D eigenvalue weighted by Gasteiger charge is -2.34. The summed E-state index contributed by atoms with van der Waals surface area (Å²) < 4.78 is 4.79. The number of nitrogens with zero attached hydrogens (tertiary/aromatic N) is 2. The van der Waals surface area contributed by atoms with Crippen LogP contribution in [0.3, 0.4) is 0 Å². The fourth-order valence-corrected chi connectivity index (χ4v) is 3.08. The largest absolute Gasteiger partial charge is 0.465 e. The standard InChI is InChI=1S/C15H18N2O4/c1-21-14(18)12-3-2-11(17(19)20)10-13(12)16-8-6-15(4-5-15)7-9-16/h2-3,10H,4-9H2,1H3. The lowest BCUT2D eigenvalue weighted by atomic mass is 9.93. The van der Waals surface area contributed by atoms with Crippen LogP contribution in [0.5, 0.6) is 0 Å². The molecule has 21 heavy (non-hydrogen) atoms. The summed E-state index contributed by atoms with van der Waals surface area (Å²) >= 11 is 0. The average molecular weight is 290 g/mol. The van der Waals surface area contributed by atoms with E-state index in [1.54, 1.807) is 0 Å². The lowest BCUT2D eigenvalue weighted by molar-refractivity contribution is -0.384. The highest BCUT2D eigenvalue weighted by Crippen LogP contribution is 2.54. The minimum absolute atomic E-state index is 0.00404. The number of esters is 1. The van der Waals surface area contributed by atoms with Gasteiger partial charge in [0.2, 0.25) is 0 Å². The number of non-ortho nitro benzene ring substituents is 1. The van der Waals surface area contributed by atoms with E-state index in [1.807, 2.05) is 0 Å². The number of methoxy groups -OCH3 is 1. The van der Waals surface area contributed by atoms with Crippen molar-refractivity contribution >= 4 is 17.3 Å². The Labute approximate surface area is 122 Å². The molecule has 3 rings (SSSR count). The fourth-order valence-electron chi connectivity index (χ4n) is 3.08. The van der Waals surface area contributed by atoms with Gasteiger partial charge >= 0.3 is 5.97 Å². The molecule has 0 N–H and O–H groups in total. The van der Waals surface area contributed by atoms with Gasteiger partial charge in [-0.15, -0.1) is 0 Å². The smallest absolute Gasteiger partial charge is 0.339 e. The Hall–Kier alpha value is -2.11. The van der Waals surface area contributed by atoms with Gasteiger partial charge < -0.3 is 9.64 Å². The van der Waals surface area contributed by atoms with Crippen molar-refractivity contribution in [3.63, 3.8) is 0 Å². The van der Waals surface area contributed by atoms with Crippen LogP contribution in [0.15, 0.2) is 18.2 Å². The van der Waals surface area contributed by atoms with Crippen molar-refractivity contribution in [3.05, 3.63) is 33.9 Å². The minimum Gasteiger partial charge on any atom is -0.465 e. The van der Waals surface area contributed by atoms with Crippen LogP contribution in [0.1, 0.15) is 36.0 Å². The summed E-state index contributed by atoms with van der Waals surface area (Å²) in [4.78, 5) is 24.5. The van der Waals surface area contributed by atoms with E-state index in [1.165, 1.54) is 38.2 Å². The van der Waals surface area contributed by atoms with Gasteiger partial charge in [0.1, 0.15) is 0 Å². The number of hydrogen-bond donors (Lipinski definition) is 0. The molecule has 1 aromatic rings. The molecule has 0 aromatic heterocycles. The van der Waals surface area contributed by atoms with E-state index in [0.29, 0.717) is 16.7 Å². The number of anilines is 1. The third-order valence-electron chi connectivity index (χ3n) is 4.72. The SMILES string of the molecule is COC(=O)c1ccc([N+](=O)[O-])cc1N1CCC2(CC1)CC2. The Kier molecular flexibility index (Phi) is 3.31. The van der Waals surface area contributed by atoms with Crippen LogP contribution < -0.4 is 4.90 Å². The number of rotatable bonds is 3. The van der Waals surface area contributed by atoms with Crippen LogP contribution in [-0.4, -0.2) is 31.1 Å². The Bertz CT molecular complexity index is 585. The van der Waals surface area contributed by atoms with Crippen molar-refractivity contribution in [2.24, 2.45) is 5.41 Å². The van der Waals surface area contributed by atoms with E-state index in [-0.39, 0.29) is 5.69 Å². The second kappa shape index (κ2) is 5.02. The number of ether oxygens (including phenoxy) is 1. The second-order valence-electron chi connectivity index (χ2n) is 5.94. The van der Waals surface area contributed by atoms with Crippen LogP contribution in [0.25, 0.3) is 0 Å². The maximum Gasteiger partial charge on any atom is 0.339 e. The van der Waals surface area contributed by atoms with Crippen molar-refractivity contribution in [1.29, 1.82) is 0 Å². The summed E-state index contributed by atoms with van der Waals surface area (Å²) in [6.45, 7) is 1.68. The van der Waals surface area contributed by atoms with Gasteiger partial charge in [0.25, 0.3) is 5.69 Å². The number of nitro benzene ring substituents is 1. The topological polar surface area (TPSA) is 72.7 Å². The Morgan fingerprint density at radius 1 is 1.29 bits per heavy atom. The molecule has 0 radical (unpaired) electrons. The van der Waals surface area contributed by atoms with Crippen molar-refractivity contribution < 1.29 is 14.5 Å². The molecule has 1 aromatic carbocycles. The highest BCUT2D eigenvalue weighted by molar-refractivity contribution is 5.96. The van der Waals surface area contributed by atoms with Gasteiger partial charge in [0.15, 0.2) is 0 Å². The summed E-state index contributed by atoms with van der Waals surface area (Å²) in [5, 5.41) is 11.0. The van der Waals surface area contributed by atoms with Gasteiger partial charge in [-0.2, -0.15) is 0 Å². The second-order valence-corrected chi connectivity index (χ2v) is 5.94. The normalized spacial score (nSPS) is 19.4. The zero-order chi connectivity index (χ0) is 15.0. The molecule has 6 nitrogen and oxygen atoms in total. The summed E-state index contributed by atoms with van der Waals surface area (Å²) in [6.07, 6.45) is 4.77. The predicted octanol–water partition coefficient (Wildman–Crippen LogP) is 2.76. The summed E-state index contributed by atoms with van der Waals surface area (Å²) in [5.74, 6) is -0.452. The van der Waals surface area contributed by atoms with E-state index in [0.717, 1.165) is 25.9 Å². The molecule has 0 atom stereocenters. The molecule has 6 heteroatoms. The molecule has 0 amide bonds. The van der Waals surface area contributed by atoms with E-state index >= 15 is 0 Å². The number of piperidine rings is 1. The minimum atomic E-state index is -0.452. The molecule has 2 fully saturated rings. The number of benzene rings is 1. The number of hydrogen-bond acceptors (Lipinski definition) is 5. The van der Waals surface area contributed by atoms with Crippen molar-refractivity contribution in [1.82, 2.24) is 0 Å². The van der Waals surface area contributed by atoms with Crippen LogP contribution in [0.2, 0.25) is 0 Å². The third-order valence-corrected chi connectivity index (χ3v) is 4.72. The summed E-state index contributed by atoms with van der Waals surface area (Å²) in [5.41, 5.74) is 1.54. The zero-order valence-electron chi connectivity index (χ0n) is 12.0. The quantitative estimate of drug-likeness (QED) is 0.486. The molecule has 1 spiro atoms. The molecule has 112 valence electrons. The molecule has 1 saturated carbocycles. The average Bonchev–Trinajstić information content (AvgIpc) is 3.26. The molecular formula is C15H18N2O4. The zero-order valence-corrected chi connectivity index (χ0v) is 12.0. The molecular weight excluding hydrogens is 272 g/mol. The number of carbonyl (C=O) groups excluding carboxylic acids is 1. The molecule has 0 bridgehead atoms. The highest BCUT2D eigenvalue weighted by Gasteiger charge is 2.44. The van der Waals surface area contributed by atoms with Gasteiger partial charge in [0, 0.05) is 25.2 Å². The Morgan fingerprint density at radius 2 is 1.95 bits per heavy atom. The Morgan fingerprint density at radius 3 is 2.48 bits per heavy atom. The molecule has 1 aliphatic carbocycles. The van der Waals surface area contributed by atoms with Gasteiger partial charge in [-0.25, -0.2) is 4.79 Å². The fraction of sp³-hybridized carbons (Fsp3) is 0.533. The number of nitro groups is 1. The first-order valence-electron chi connectivity index (χ1n) is 7.16. The molecule has 2 aliphatic rings. The molecule has 1 saturated heterocycles. The van der Waals surface area contributed by atoms with Crippen LogP contribution >= 0.6 is 0 Å². The van der Waals surface area contributed by atoms with Crippen molar-refractivity contribution in [2.45, 2.75) is 25.7 Å². The monoisotopic (exact) mass is 290 g/mol. The highest BCUT2D eigenvalue weighted by atomic mass is 16.6. The van der Waals surface area contributed by atoms with Gasteiger partial charge in [-0.3, -0.25) is 10.1 Å². The van der Waals surface area contributed by atoms with Gasteiger partial charge in [-0.1, -0.05) is 0 Å². The van der Waals surface area contributed by atoms with Crippen molar-refractivity contribution in [2.75, 3.05) is 25.1 Å². The van der Waals surface area contributed by atoms with Crippen LogP contribution in [0, 0.1) is 15.5 Å². The van der Waals surface area contributed by atoms with E-state index in [4.69, 9.17) is 4.74 Å². The van der Waals surface area contributed by atoms with Crippen molar-refractivity contribution in [3.8, 4) is 0 Å². The first kappa shape index (κ1) is 13.9. The first-order chi connectivity index (χ1) is 10.0. The lowest BCUT2D eigenvalue weighted by Crippen LogP contribution is -2.35. The molecule has 1 heterocycles. The molecule has 0 unspecified atom stereocenters. The third kappa shape index (κ3) is 2.57. The summed E-state index contributed by atoms with van der Waals surface area (Å²) in [7, 11) is 1.32. The van der Waals surface area contributed by atoms with Crippen LogP contribution in [0.4, 0.5) is 11.4 Å². The molecule has 1 aliphatic heterocycles. The Balaban J connectivity index is 1.91. The van der Waals surface area contributed by atoms with E-state index in [9.17, 15) is 14.9 Å². The first-order valence-corrected chi connectivity index (χ1v) is 7.16. The summed E-state index contributed by atoms with van der Waals surface area (Å²) in [6, 6.07) is 4.32. The van der Waals surface area contributed by atoms with E-state index < -0.39 is 10.9 Å². The van der Waals surface area contributed by atoms with Gasteiger partial charge in [-0.05, 0) is 37.2 Å². The van der Waals surface area contributed by atoms with E-state index in [2.05, 4.69) is 4.90 Å². The van der Waals surface area contributed by atoms with Crippen LogP contribution in [-0.2, 0) is 4.74 Å². The maximum absolute atomic E-state index is 11.9. The predicted molar refractivity (Wildman–Crippen MR) is 77.5 cm³/mol.